The first-order valence-electron chi connectivity index (χ1n) is 3.26. The van der Waals surface area contributed by atoms with Crippen LogP contribution in [0.5, 0.6) is 0 Å². The molecule has 0 radical (unpaired) electrons. The Morgan fingerprint density at radius 2 is 1.78 bits per heavy atom. The normalized spacial score (nSPS) is 15.7. The lowest BCUT2D eigenvalue weighted by atomic mass is 10.1. The molecule has 0 aromatic rings. The minimum Gasteiger partial charge on any atom is -0.367 e. The summed E-state index contributed by atoms with van der Waals surface area (Å²) in [6.45, 7) is 8.33. The summed E-state index contributed by atoms with van der Waals surface area (Å²) in [6.07, 6.45) is 0.144. The van der Waals surface area contributed by atoms with Gasteiger partial charge >= 0.3 is 0 Å². The van der Waals surface area contributed by atoms with Crippen molar-refractivity contribution in [1.82, 2.24) is 5.32 Å². The van der Waals surface area contributed by atoms with Crippen LogP contribution in [0.1, 0.15) is 27.7 Å². The Morgan fingerprint density at radius 1 is 1.33 bits per heavy atom. The predicted molar refractivity (Wildman–Crippen MR) is 39.4 cm³/mol. The molecule has 0 aliphatic carbocycles. The molecular weight excluding hydrogens is 114 g/mol. The van der Waals surface area contributed by atoms with Crippen molar-refractivity contribution in [2.45, 2.75) is 39.5 Å². The quantitative estimate of drug-likeness (QED) is 0.571. The van der Waals surface area contributed by atoms with Gasteiger partial charge in [-0.2, -0.15) is 0 Å². The third-order valence-corrected chi connectivity index (χ3v) is 0.990. The minimum absolute atomic E-state index is 0.144. The van der Waals surface area contributed by atoms with Gasteiger partial charge in [-0.05, 0) is 27.7 Å². The van der Waals surface area contributed by atoms with Gasteiger partial charge in [-0.15, -0.1) is 0 Å². The van der Waals surface area contributed by atoms with E-state index in [4.69, 9.17) is 4.74 Å². The van der Waals surface area contributed by atoms with Gasteiger partial charge in [-0.3, -0.25) is 5.32 Å². The molecular formula is C7H17NO. The number of hydrogen-bond donors (Lipinski definition) is 1. The summed E-state index contributed by atoms with van der Waals surface area (Å²) < 4.78 is 5.02. The monoisotopic (exact) mass is 131 g/mol. The molecule has 0 heterocycles. The molecule has 0 bridgehead atoms. The molecule has 9 heavy (non-hydrogen) atoms. The minimum atomic E-state index is 0.144. The summed E-state index contributed by atoms with van der Waals surface area (Å²) >= 11 is 0. The third-order valence-electron chi connectivity index (χ3n) is 0.990. The Balaban J connectivity index is 3.47. The Kier molecular flexibility index (Phi) is 3.15. The Morgan fingerprint density at radius 3 is 1.89 bits per heavy atom. The highest BCUT2D eigenvalue weighted by Gasteiger charge is 2.11. The van der Waals surface area contributed by atoms with E-state index in [1.165, 1.54) is 0 Å². The molecule has 1 atom stereocenters. The average Bonchev–Trinajstić information content (AvgIpc) is 1.62. The van der Waals surface area contributed by atoms with Crippen LogP contribution in [0.2, 0.25) is 0 Å². The Bertz CT molecular complexity index is 75.5. The largest absolute Gasteiger partial charge is 0.367 e. The molecule has 0 saturated heterocycles. The van der Waals surface area contributed by atoms with Gasteiger partial charge in [-0.1, -0.05) is 0 Å². The lowest BCUT2D eigenvalue weighted by Gasteiger charge is -2.24. The first-order valence-corrected chi connectivity index (χ1v) is 3.26. The van der Waals surface area contributed by atoms with E-state index >= 15 is 0 Å². The second-order valence-corrected chi connectivity index (χ2v) is 3.27. The van der Waals surface area contributed by atoms with Crippen molar-refractivity contribution in [3.8, 4) is 0 Å². The van der Waals surface area contributed by atoms with Gasteiger partial charge in [0.1, 0.15) is 6.23 Å². The average molecular weight is 131 g/mol. The van der Waals surface area contributed by atoms with E-state index in [0.717, 1.165) is 0 Å². The fraction of sp³-hybridized carbons (Fsp3) is 1.00. The molecule has 1 unspecified atom stereocenters. The van der Waals surface area contributed by atoms with Crippen molar-refractivity contribution in [2.75, 3.05) is 7.11 Å². The van der Waals surface area contributed by atoms with Crippen molar-refractivity contribution in [3.63, 3.8) is 0 Å². The molecule has 0 rings (SSSR count). The zero-order chi connectivity index (χ0) is 7.49. The summed E-state index contributed by atoms with van der Waals surface area (Å²) in [6, 6.07) is 0. The Labute approximate surface area is 57.6 Å². The molecule has 0 spiro atoms. The van der Waals surface area contributed by atoms with Gasteiger partial charge in [0.05, 0.1) is 0 Å². The van der Waals surface area contributed by atoms with E-state index in [2.05, 4.69) is 26.1 Å². The maximum absolute atomic E-state index is 5.02. The number of nitrogens with one attached hydrogen (secondary N) is 1. The lowest BCUT2D eigenvalue weighted by molar-refractivity contribution is 0.0669. The second kappa shape index (κ2) is 3.18. The van der Waals surface area contributed by atoms with Crippen LogP contribution in [0.15, 0.2) is 0 Å². The summed E-state index contributed by atoms with van der Waals surface area (Å²) in [5.41, 5.74) is 0.148. The summed E-state index contributed by atoms with van der Waals surface area (Å²) in [7, 11) is 1.70. The third kappa shape index (κ3) is 5.80. The van der Waals surface area contributed by atoms with Gasteiger partial charge in [0.15, 0.2) is 0 Å². The second-order valence-electron chi connectivity index (χ2n) is 3.27. The number of methoxy groups -OCH3 is 1. The van der Waals surface area contributed by atoms with Crippen molar-refractivity contribution < 1.29 is 4.74 Å². The zero-order valence-electron chi connectivity index (χ0n) is 6.99. The molecule has 1 N–H and O–H groups in total. The number of ether oxygens (including phenoxy) is 1. The highest BCUT2D eigenvalue weighted by atomic mass is 16.5. The molecule has 0 fully saturated rings. The van der Waals surface area contributed by atoms with Crippen molar-refractivity contribution in [1.29, 1.82) is 0 Å². The summed E-state index contributed by atoms with van der Waals surface area (Å²) in [5, 5.41) is 3.25. The van der Waals surface area contributed by atoms with Crippen LogP contribution in [0.3, 0.4) is 0 Å². The van der Waals surface area contributed by atoms with Gasteiger partial charge in [0.2, 0.25) is 0 Å². The van der Waals surface area contributed by atoms with Crippen LogP contribution in [-0.4, -0.2) is 18.9 Å². The van der Waals surface area contributed by atoms with Gasteiger partial charge in [0, 0.05) is 12.6 Å². The van der Waals surface area contributed by atoms with Crippen LogP contribution >= 0.6 is 0 Å². The smallest absolute Gasteiger partial charge is 0.105 e. The molecule has 0 amide bonds. The fourth-order valence-electron chi connectivity index (χ4n) is 0.669. The fourth-order valence-corrected chi connectivity index (χ4v) is 0.669. The molecule has 2 heteroatoms. The molecule has 0 aliphatic heterocycles. The first kappa shape index (κ1) is 8.92. The highest BCUT2D eigenvalue weighted by molar-refractivity contribution is 4.70. The van der Waals surface area contributed by atoms with E-state index in [1.54, 1.807) is 7.11 Å². The molecule has 56 valence electrons. The van der Waals surface area contributed by atoms with E-state index in [9.17, 15) is 0 Å². The molecule has 0 aliphatic rings. The van der Waals surface area contributed by atoms with Crippen LogP contribution < -0.4 is 5.32 Å². The van der Waals surface area contributed by atoms with Crippen molar-refractivity contribution in [2.24, 2.45) is 0 Å². The van der Waals surface area contributed by atoms with E-state index in [-0.39, 0.29) is 11.8 Å². The zero-order valence-corrected chi connectivity index (χ0v) is 6.99. The maximum atomic E-state index is 5.02. The van der Waals surface area contributed by atoms with E-state index < -0.39 is 0 Å². The maximum Gasteiger partial charge on any atom is 0.105 e. The highest BCUT2D eigenvalue weighted by Crippen LogP contribution is 2.00. The predicted octanol–water partition coefficient (Wildman–Crippen LogP) is 1.37. The van der Waals surface area contributed by atoms with Gasteiger partial charge in [0.25, 0.3) is 0 Å². The molecule has 0 aromatic heterocycles. The SMILES string of the molecule is COC(C)NC(C)(C)C. The molecule has 0 saturated carbocycles. The summed E-state index contributed by atoms with van der Waals surface area (Å²) in [5.74, 6) is 0. The van der Waals surface area contributed by atoms with Crippen LogP contribution in [-0.2, 0) is 4.74 Å². The number of rotatable bonds is 2. The summed E-state index contributed by atoms with van der Waals surface area (Å²) in [4.78, 5) is 0. The van der Waals surface area contributed by atoms with Gasteiger partial charge in [-0.25, -0.2) is 0 Å². The van der Waals surface area contributed by atoms with E-state index in [0.29, 0.717) is 0 Å². The van der Waals surface area contributed by atoms with Crippen molar-refractivity contribution >= 4 is 0 Å². The number of hydrogen-bond acceptors (Lipinski definition) is 2. The van der Waals surface area contributed by atoms with E-state index in [1.807, 2.05) is 6.92 Å². The Hall–Kier alpha value is -0.0800. The van der Waals surface area contributed by atoms with Crippen molar-refractivity contribution in [3.05, 3.63) is 0 Å². The van der Waals surface area contributed by atoms with Crippen LogP contribution in [0.25, 0.3) is 0 Å². The topological polar surface area (TPSA) is 21.3 Å². The standard InChI is InChI=1S/C7H17NO/c1-6(9-5)8-7(2,3)4/h6,8H,1-5H3. The van der Waals surface area contributed by atoms with Crippen LogP contribution in [0, 0.1) is 0 Å². The molecule has 0 aromatic carbocycles. The molecule has 2 nitrogen and oxygen atoms in total. The first-order chi connectivity index (χ1) is 3.95. The lowest BCUT2D eigenvalue weighted by Crippen LogP contribution is -2.42. The van der Waals surface area contributed by atoms with Gasteiger partial charge < -0.3 is 4.74 Å². The van der Waals surface area contributed by atoms with Crippen LogP contribution in [0.4, 0.5) is 0 Å².